The molecular weight excluding hydrogens is 664 g/mol. The average Bonchev–Trinajstić information content (AvgIpc) is 3.11. The van der Waals surface area contributed by atoms with Crippen LogP contribution in [0.4, 0.5) is 5.82 Å². The standard InChI is InChI=1S/C37H53ClN4O6S/c1-7-24(3)25(4)49(44,45)40-36(43)33-16-17-34-35(39-33)42(18-10-9-11-26-19-29(38)14-12-28(26)21-46-34)20-27-13-15-32(27)31(8-2)37-47-22-30(23-48-37)41(5)6/h8,12,14,16-17,19,24-25,27,30-32,37H,2,7,9-11,13,15,18,20-23H2,1,3-6H3,(H,40,43)/t24-,25+,27-,30-,31-,32+,37+/m0/s1. The monoisotopic (exact) mass is 716 g/mol. The zero-order valence-corrected chi connectivity index (χ0v) is 31.1. The Morgan fingerprint density at radius 1 is 1.14 bits per heavy atom. The fraction of sp³-hybridized carbons (Fsp3) is 0.622. The number of aryl methyl sites for hydroxylation is 1. The smallest absolute Gasteiger partial charge is 0.283 e. The molecule has 1 aromatic heterocycles. The van der Waals surface area contributed by atoms with Crippen LogP contribution in [0.2, 0.25) is 5.02 Å². The summed E-state index contributed by atoms with van der Waals surface area (Å²) in [5.74, 6) is 0.891. The number of fused-ring (bicyclic) bond motifs is 2. The Hall–Kier alpha value is -2.70. The molecule has 1 saturated heterocycles. The van der Waals surface area contributed by atoms with Crippen LogP contribution in [-0.4, -0.2) is 82.2 Å². The third-order valence-corrected chi connectivity index (χ3v) is 13.0. The number of hydrogen-bond acceptors (Lipinski definition) is 9. The van der Waals surface area contributed by atoms with E-state index in [0.29, 0.717) is 67.8 Å². The highest BCUT2D eigenvalue weighted by atomic mass is 35.5. The molecule has 1 aromatic carbocycles. The second kappa shape index (κ2) is 16.5. The molecule has 2 aliphatic heterocycles. The molecule has 1 amide bonds. The molecule has 0 spiro atoms. The van der Waals surface area contributed by atoms with E-state index in [9.17, 15) is 13.2 Å². The molecule has 49 heavy (non-hydrogen) atoms. The molecule has 0 unspecified atom stereocenters. The van der Waals surface area contributed by atoms with Crippen LogP contribution in [0, 0.1) is 23.7 Å². The number of carbonyl (C=O) groups excluding carboxylic acids is 1. The normalized spacial score (nSPS) is 25.0. The number of nitrogens with zero attached hydrogens (tertiary/aromatic N) is 3. The molecule has 1 saturated carbocycles. The fourth-order valence-corrected chi connectivity index (χ4v) is 8.51. The Kier molecular flexibility index (Phi) is 12.7. The maximum atomic E-state index is 13.4. The van der Waals surface area contributed by atoms with E-state index < -0.39 is 21.2 Å². The van der Waals surface area contributed by atoms with E-state index in [0.717, 1.165) is 43.2 Å². The molecule has 3 heterocycles. The average molecular weight is 717 g/mol. The summed E-state index contributed by atoms with van der Waals surface area (Å²) < 4.78 is 47.3. The molecule has 12 heteroatoms. The Balaban J connectivity index is 1.41. The number of anilines is 1. The third-order valence-electron chi connectivity index (χ3n) is 10.9. The molecule has 1 N–H and O–H groups in total. The first kappa shape index (κ1) is 37.6. The van der Waals surface area contributed by atoms with Crippen molar-refractivity contribution >= 4 is 33.3 Å². The van der Waals surface area contributed by atoms with E-state index in [4.69, 9.17) is 30.8 Å². The summed E-state index contributed by atoms with van der Waals surface area (Å²) in [5, 5.41) is -0.0315. The minimum Gasteiger partial charge on any atom is -0.485 e. The van der Waals surface area contributed by atoms with Crippen LogP contribution in [0.25, 0.3) is 0 Å². The summed E-state index contributed by atoms with van der Waals surface area (Å²) in [6, 6.07) is 9.37. The molecule has 2 aromatic rings. The van der Waals surface area contributed by atoms with Gasteiger partial charge >= 0.3 is 0 Å². The molecule has 0 radical (unpaired) electrons. The largest absolute Gasteiger partial charge is 0.485 e. The lowest BCUT2D eigenvalue weighted by Gasteiger charge is -2.47. The molecule has 270 valence electrons. The van der Waals surface area contributed by atoms with Gasteiger partial charge in [0.05, 0.1) is 24.5 Å². The van der Waals surface area contributed by atoms with Gasteiger partial charge in [-0.3, -0.25) is 4.79 Å². The summed E-state index contributed by atoms with van der Waals surface area (Å²) in [6.07, 6.45) is 7.08. The van der Waals surface area contributed by atoms with Gasteiger partial charge in [-0.1, -0.05) is 44.0 Å². The van der Waals surface area contributed by atoms with Crippen molar-refractivity contribution in [2.45, 2.75) is 83.5 Å². The number of nitrogens with one attached hydrogen (secondary N) is 1. The SMILES string of the molecule is C=C[C@H]([C@H]1OC[C@@H](N(C)C)CO1)[C@@H]1CC[C@H]1CN1CCCCc2cc(Cl)ccc2COc2ccc(C(=O)NS(=O)(=O)[C@H](C)[C@@H](C)CC)nc21. The van der Waals surface area contributed by atoms with Gasteiger partial charge in [-0.2, -0.15) is 0 Å². The summed E-state index contributed by atoms with van der Waals surface area (Å²) in [7, 11) is 0.163. The van der Waals surface area contributed by atoms with E-state index in [2.05, 4.69) is 21.1 Å². The molecule has 1 aliphatic carbocycles. The van der Waals surface area contributed by atoms with Gasteiger partial charge in [0.1, 0.15) is 12.3 Å². The highest BCUT2D eigenvalue weighted by Gasteiger charge is 2.42. The predicted molar refractivity (Wildman–Crippen MR) is 194 cm³/mol. The van der Waals surface area contributed by atoms with Gasteiger partial charge < -0.3 is 24.0 Å². The number of sulfonamides is 1. The first-order chi connectivity index (χ1) is 23.4. The Morgan fingerprint density at radius 2 is 1.90 bits per heavy atom. The van der Waals surface area contributed by atoms with Gasteiger partial charge in [0.25, 0.3) is 5.91 Å². The summed E-state index contributed by atoms with van der Waals surface area (Å²) in [5.41, 5.74) is 2.24. The van der Waals surface area contributed by atoms with E-state index in [1.54, 1.807) is 13.0 Å². The van der Waals surface area contributed by atoms with E-state index in [1.807, 2.05) is 52.2 Å². The Morgan fingerprint density at radius 3 is 2.55 bits per heavy atom. The molecule has 2 fully saturated rings. The number of carbonyl (C=O) groups is 1. The summed E-state index contributed by atoms with van der Waals surface area (Å²) >= 11 is 6.36. The lowest BCUT2D eigenvalue weighted by Crippen LogP contribution is -2.50. The van der Waals surface area contributed by atoms with Crippen LogP contribution in [-0.2, 0) is 32.5 Å². The van der Waals surface area contributed by atoms with Gasteiger partial charge in [0.15, 0.2) is 17.9 Å². The lowest BCUT2D eigenvalue weighted by atomic mass is 9.66. The maximum absolute atomic E-state index is 13.4. The minimum absolute atomic E-state index is 0.0305. The molecule has 0 bridgehead atoms. The number of hydrogen-bond donors (Lipinski definition) is 1. The highest BCUT2D eigenvalue weighted by molar-refractivity contribution is 7.90. The van der Waals surface area contributed by atoms with Crippen molar-refractivity contribution < 1.29 is 27.4 Å². The Bertz CT molecular complexity index is 1560. The number of amides is 1. The van der Waals surface area contributed by atoms with Crippen LogP contribution in [0.15, 0.2) is 43.0 Å². The number of benzene rings is 1. The number of halogens is 1. The van der Waals surface area contributed by atoms with Crippen LogP contribution < -0.4 is 14.4 Å². The van der Waals surface area contributed by atoms with Crippen molar-refractivity contribution in [3.05, 3.63) is 64.8 Å². The van der Waals surface area contributed by atoms with Crippen molar-refractivity contribution in [2.75, 3.05) is 45.3 Å². The van der Waals surface area contributed by atoms with Crippen LogP contribution in [0.5, 0.6) is 5.75 Å². The van der Waals surface area contributed by atoms with E-state index in [-0.39, 0.29) is 29.9 Å². The minimum atomic E-state index is -3.90. The van der Waals surface area contributed by atoms with Crippen molar-refractivity contribution in [1.82, 2.24) is 14.6 Å². The van der Waals surface area contributed by atoms with Gasteiger partial charge in [0, 0.05) is 24.0 Å². The van der Waals surface area contributed by atoms with Crippen molar-refractivity contribution in [3.8, 4) is 5.75 Å². The van der Waals surface area contributed by atoms with Crippen LogP contribution in [0.1, 0.15) is 74.5 Å². The number of ether oxygens (including phenoxy) is 3. The van der Waals surface area contributed by atoms with Crippen molar-refractivity contribution in [3.63, 3.8) is 0 Å². The molecule has 3 aliphatic rings. The number of aromatic nitrogens is 1. The molecule has 5 rings (SSSR count). The molecular formula is C37H53ClN4O6S. The van der Waals surface area contributed by atoms with Crippen molar-refractivity contribution in [2.24, 2.45) is 23.7 Å². The highest BCUT2D eigenvalue weighted by Crippen LogP contribution is 2.44. The fourth-order valence-electron chi connectivity index (χ4n) is 6.97. The quantitative estimate of drug-likeness (QED) is 0.277. The van der Waals surface area contributed by atoms with Gasteiger partial charge in [-0.15, -0.1) is 6.58 Å². The topological polar surface area (TPSA) is 110 Å². The predicted octanol–water partition coefficient (Wildman–Crippen LogP) is 6.08. The van der Waals surface area contributed by atoms with Crippen molar-refractivity contribution in [1.29, 1.82) is 0 Å². The number of likely N-dealkylation sites (N-methyl/N-ethyl adjacent to an activating group) is 1. The summed E-state index contributed by atoms with van der Waals surface area (Å²) in [4.78, 5) is 22.6. The van der Waals surface area contributed by atoms with Gasteiger partial charge in [0.2, 0.25) is 10.0 Å². The third kappa shape index (κ3) is 8.97. The molecule has 10 nitrogen and oxygen atoms in total. The second-order valence-corrected chi connectivity index (χ2v) is 16.6. The lowest BCUT2D eigenvalue weighted by molar-refractivity contribution is -0.230. The maximum Gasteiger partial charge on any atom is 0.283 e. The Labute approximate surface area is 297 Å². The van der Waals surface area contributed by atoms with Crippen LogP contribution in [0.3, 0.4) is 0 Å². The van der Waals surface area contributed by atoms with Crippen LogP contribution >= 0.6 is 11.6 Å². The zero-order chi connectivity index (χ0) is 35.3. The zero-order valence-electron chi connectivity index (χ0n) is 29.6. The summed E-state index contributed by atoms with van der Waals surface area (Å²) in [6.45, 7) is 12.5. The first-order valence-electron chi connectivity index (χ1n) is 17.7. The van der Waals surface area contributed by atoms with E-state index >= 15 is 0 Å². The number of rotatable bonds is 11. The van der Waals surface area contributed by atoms with Gasteiger partial charge in [-0.25, -0.2) is 18.1 Å². The second-order valence-electron chi connectivity index (χ2n) is 14.2. The first-order valence-corrected chi connectivity index (χ1v) is 19.6. The molecule has 5 atom stereocenters. The van der Waals surface area contributed by atoms with Gasteiger partial charge in [-0.05, 0) is 106 Å². The number of pyridine rings is 1. The van der Waals surface area contributed by atoms with E-state index in [1.165, 1.54) is 6.07 Å².